The Labute approximate surface area is 102 Å². The summed E-state index contributed by atoms with van der Waals surface area (Å²) in [6.45, 7) is 6.85. The summed E-state index contributed by atoms with van der Waals surface area (Å²) in [6, 6.07) is 10.9. The molecule has 17 heavy (non-hydrogen) atoms. The van der Waals surface area contributed by atoms with Gasteiger partial charge in [0.05, 0.1) is 11.4 Å². The molecule has 0 amide bonds. The first kappa shape index (κ1) is 11.9. The molecule has 2 rings (SSSR count). The molecule has 0 spiro atoms. The predicted molar refractivity (Wildman–Crippen MR) is 70.7 cm³/mol. The lowest BCUT2D eigenvalue weighted by molar-refractivity contribution is 0.532. The molecule has 2 aromatic rings. The highest BCUT2D eigenvalue weighted by Crippen LogP contribution is 2.24. The summed E-state index contributed by atoms with van der Waals surface area (Å²) in [5.41, 5.74) is 10.2. The van der Waals surface area contributed by atoms with Gasteiger partial charge in [-0.1, -0.05) is 23.8 Å². The molecule has 1 aromatic heterocycles. The van der Waals surface area contributed by atoms with Crippen LogP contribution in [-0.4, -0.2) is 9.78 Å². The quantitative estimate of drug-likeness (QED) is 0.879. The zero-order valence-electron chi connectivity index (χ0n) is 10.6. The summed E-state index contributed by atoms with van der Waals surface area (Å²) in [5.74, 6) is 0. The predicted octanol–water partition coefficient (Wildman–Crippen LogP) is 2.90. The second-order valence-electron chi connectivity index (χ2n) is 4.63. The highest BCUT2D eigenvalue weighted by Gasteiger charge is 2.11. The van der Waals surface area contributed by atoms with E-state index in [0.717, 1.165) is 11.4 Å². The minimum absolute atomic E-state index is 0.339. The second-order valence-corrected chi connectivity index (χ2v) is 4.63. The molecule has 2 N–H and O–H groups in total. The fraction of sp³-hybridized carbons (Fsp3) is 0.357. The molecule has 3 nitrogen and oxygen atoms in total. The van der Waals surface area contributed by atoms with E-state index in [9.17, 15) is 0 Å². The lowest BCUT2D eigenvalue weighted by Gasteiger charge is -2.11. The average Bonchev–Trinajstić information content (AvgIpc) is 2.73. The van der Waals surface area contributed by atoms with Gasteiger partial charge in [-0.2, -0.15) is 5.10 Å². The molecule has 0 saturated heterocycles. The molecule has 0 unspecified atom stereocenters. The number of aromatic nitrogens is 2. The first-order valence-electron chi connectivity index (χ1n) is 5.97. The molecule has 0 bridgehead atoms. The van der Waals surface area contributed by atoms with Crippen LogP contribution >= 0.6 is 0 Å². The number of benzene rings is 1. The van der Waals surface area contributed by atoms with Crippen molar-refractivity contribution in [2.75, 3.05) is 0 Å². The summed E-state index contributed by atoms with van der Waals surface area (Å²) < 4.78 is 2.04. The summed E-state index contributed by atoms with van der Waals surface area (Å²) in [4.78, 5) is 0. The largest absolute Gasteiger partial charge is 0.325 e. The molecule has 90 valence electrons. The number of hydrogen-bond donors (Lipinski definition) is 1. The maximum absolute atomic E-state index is 5.66. The summed E-state index contributed by atoms with van der Waals surface area (Å²) in [7, 11) is 0. The minimum Gasteiger partial charge on any atom is -0.325 e. The molecule has 0 aliphatic heterocycles. The molecule has 0 atom stereocenters. The van der Waals surface area contributed by atoms with Crippen LogP contribution in [0.1, 0.15) is 31.1 Å². The van der Waals surface area contributed by atoms with Gasteiger partial charge in [0, 0.05) is 18.2 Å². The molecule has 0 radical (unpaired) electrons. The Balaban J connectivity index is 2.53. The fourth-order valence-corrected chi connectivity index (χ4v) is 1.96. The van der Waals surface area contributed by atoms with E-state index in [2.05, 4.69) is 56.2 Å². The van der Waals surface area contributed by atoms with E-state index in [4.69, 9.17) is 5.73 Å². The van der Waals surface area contributed by atoms with Gasteiger partial charge in [-0.15, -0.1) is 0 Å². The minimum atomic E-state index is 0.339. The lowest BCUT2D eigenvalue weighted by atomic mass is 10.1. The Hall–Kier alpha value is -1.61. The van der Waals surface area contributed by atoms with Crippen LogP contribution in [0, 0.1) is 6.92 Å². The van der Waals surface area contributed by atoms with Crippen molar-refractivity contribution in [2.45, 2.75) is 33.4 Å². The van der Waals surface area contributed by atoms with Gasteiger partial charge in [-0.25, -0.2) is 0 Å². The van der Waals surface area contributed by atoms with Crippen molar-refractivity contribution in [1.29, 1.82) is 0 Å². The van der Waals surface area contributed by atoms with E-state index in [-0.39, 0.29) is 0 Å². The highest BCUT2D eigenvalue weighted by molar-refractivity contribution is 5.61. The highest BCUT2D eigenvalue weighted by atomic mass is 15.3. The van der Waals surface area contributed by atoms with Gasteiger partial charge in [0.2, 0.25) is 0 Å². The molecule has 1 aromatic carbocycles. The Morgan fingerprint density at radius 1 is 1.29 bits per heavy atom. The van der Waals surface area contributed by atoms with Gasteiger partial charge in [0.15, 0.2) is 0 Å². The Morgan fingerprint density at radius 3 is 2.65 bits per heavy atom. The van der Waals surface area contributed by atoms with Gasteiger partial charge in [0.1, 0.15) is 0 Å². The molecular weight excluding hydrogens is 210 g/mol. The SMILES string of the molecule is Cc1cccc(-c2cc(CN)nn2C(C)C)c1. The van der Waals surface area contributed by atoms with Crippen molar-refractivity contribution in [2.24, 2.45) is 5.73 Å². The smallest absolute Gasteiger partial charge is 0.0767 e. The van der Waals surface area contributed by atoms with Gasteiger partial charge < -0.3 is 5.73 Å². The van der Waals surface area contributed by atoms with E-state index >= 15 is 0 Å². The Kier molecular flexibility index (Phi) is 3.29. The standard InChI is InChI=1S/C14H19N3/c1-10(2)17-14(8-13(9-15)16-17)12-6-4-5-11(3)7-12/h4-8,10H,9,15H2,1-3H3. The van der Waals surface area contributed by atoms with E-state index in [1.807, 2.05) is 4.68 Å². The van der Waals surface area contributed by atoms with Crippen LogP contribution in [0.2, 0.25) is 0 Å². The third-order valence-corrected chi connectivity index (χ3v) is 2.80. The van der Waals surface area contributed by atoms with Gasteiger partial charge in [0.25, 0.3) is 0 Å². The Bertz CT molecular complexity index is 512. The molecule has 0 fully saturated rings. The second kappa shape index (κ2) is 4.72. The van der Waals surface area contributed by atoms with Crippen LogP contribution in [-0.2, 0) is 6.54 Å². The van der Waals surface area contributed by atoms with Gasteiger partial charge >= 0.3 is 0 Å². The van der Waals surface area contributed by atoms with Crippen LogP contribution < -0.4 is 5.73 Å². The number of aryl methyl sites for hydroxylation is 1. The number of nitrogens with zero attached hydrogens (tertiary/aromatic N) is 2. The number of nitrogens with two attached hydrogens (primary N) is 1. The van der Waals surface area contributed by atoms with Gasteiger partial charge in [-0.3, -0.25) is 4.68 Å². The monoisotopic (exact) mass is 229 g/mol. The molecule has 3 heteroatoms. The lowest BCUT2D eigenvalue weighted by Crippen LogP contribution is -2.06. The zero-order chi connectivity index (χ0) is 12.4. The van der Waals surface area contributed by atoms with Crippen LogP contribution in [0.4, 0.5) is 0 Å². The first-order chi connectivity index (χ1) is 8.11. The molecule has 0 saturated carbocycles. The topological polar surface area (TPSA) is 43.8 Å². The summed E-state index contributed by atoms with van der Waals surface area (Å²) >= 11 is 0. The van der Waals surface area contributed by atoms with Crippen LogP contribution in [0.15, 0.2) is 30.3 Å². The molecular formula is C14H19N3. The molecule has 0 aliphatic rings. The van der Waals surface area contributed by atoms with Crippen molar-refractivity contribution < 1.29 is 0 Å². The van der Waals surface area contributed by atoms with E-state index in [1.165, 1.54) is 11.1 Å². The Morgan fingerprint density at radius 2 is 2.06 bits per heavy atom. The first-order valence-corrected chi connectivity index (χ1v) is 5.97. The van der Waals surface area contributed by atoms with E-state index < -0.39 is 0 Å². The summed E-state index contributed by atoms with van der Waals surface area (Å²) in [5, 5.41) is 4.53. The van der Waals surface area contributed by atoms with Crippen LogP contribution in [0.5, 0.6) is 0 Å². The summed E-state index contributed by atoms with van der Waals surface area (Å²) in [6.07, 6.45) is 0. The van der Waals surface area contributed by atoms with Crippen molar-refractivity contribution >= 4 is 0 Å². The van der Waals surface area contributed by atoms with E-state index in [0.29, 0.717) is 12.6 Å². The van der Waals surface area contributed by atoms with Crippen LogP contribution in [0.3, 0.4) is 0 Å². The zero-order valence-corrected chi connectivity index (χ0v) is 10.6. The fourth-order valence-electron chi connectivity index (χ4n) is 1.96. The van der Waals surface area contributed by atoms with Crippen molar-refractivity contribution in [3.63, 3.8) is 0 Å². The van der Waals surface area contributed by atoms with Gasteiger partial charge in [-0.05, 0) is 32.9 Å². The number of rotatable bonds is 3. The maximum atomic E-state index is 5.66. The van der Waals surface area contributed by atoms with Crippen molar-refractivity contribution in [3.8, 4) is 11.3 Å². The molecule has 1 heterocycles. The third-order valence-electron chi connectivity index (χ3n) is 2.80. The number of hydrogen-bond acceptors (Lipinski definition) is 2. The average molecular weight is 229 g/mol. The van der Waals surface area contributed by atoms with Crippen molar-refractivity contribution in [1.82, 2.24) is 9.78 Å². The third kappa shape index (κ3) is 2.39. The van der Waals surface area contributed by atoms with Crippen LogP contribution in [0.25, 0.3) is 11.3 Å². The normalized spacial score (nSPS) is 11.1. The van der Waals surface area contributed by atoms with Crippen molar-refractivity contribution in [3.05, 3.63) is 41.6 Å². The maximum Gasteiger partial charge on any atom is 0.0767 e. The van der Waals surface area contributed by atoms with E-state index in [1.54, 1.807) is 0 Å². The molecule has 0 aliphatic carbocycles.